The predicted molar refractivity (Wildman–Crippen MR) is 280 cm³/mol. The minimum atomic E-state index is -1.28. The van der Waals surface area contributed by atoms with E-state index in [1.807, 2.05) is 74.5 Å². The van der Waals surface area contributed by atoms with E-state index in [0.717, 1.165) is 85.2 Å². The summed E-state index contributed by atoms with van der Waals surface area (Å²) in [6.07, 6.45) is 11.9. The zero-order valence-corrected chi connectivity index (χ0v) is 43.0. The fourth-order valence-corrected chi connectivity index (χ4v) is 12.0. The van der Waals surface area contributed by atoms with Crippen LogP contribution < -0.4 is 27.0 Å². The Balaban J connectivity index is 0.747. The lowest BCUT2D eigenvalue weighted by atomic mass is 9.60. The number of aromatic hydroxyl groups is 1. The molecule has 4 unspecified atom stereocenters. The molecule has 1 aliphatic carbocycles. The molecule has 4 fully saturated rings. The molecule has 1 spiro atoms. The number of nitrogens with two attached hydrogens (primary N) is 2. The molecule has 4 atom stereocenters. The Kier molecular flexibility index (Phi) is 13.9. The standard InChI is InChI=1S/C56H73N11O5/c1-8-12-35-16-18-37(19-17-35)47(55(6,7)72)62-50(69)44-14-11-23-67(44)51(70)48(54(3,4)5)63-53(71)65-32-56(33-65)28-39(29-56)64-24-20-36(21-25-64)38-30-59-52(60-31-38)66-26-22-43-46(34(66)2)41(49(58)61-43)27-42(57)40-13-9-10-15-45(40)68/h9-10,13,15-19,27,30-31,34,36,39,44,47-48,61,68,72H,11,14,20-26,28-29,32-33,57-58H2,1-7H3,(H,62,69)(H,63,71)/b42-27-. The number of likely N-dealkylation sites (tertiary alicyclic amines) is 3. The number of aromatic nitrogens is 3. The Morgan fingerprint density at radius 1 is 0.944 bits per heavy atom. The number of benzene rings is 2. The Morgan fingerprint density at radius 3 is 2.26 bits per heavy atom. The van der Waals surface area contributed by atoms with Crippen LogP contribution >= 0.6 is 0 Å². The maximum Gasteiger partial charge on any atom is 0.318 e. The second kappa shape index (κ2) is 19.8. The number of nitrogens with one attached hydrogen (secondary N) is 3. The van der Waals surface area contributed by atoms with Crippen LogP contribution in [0.25, 0.3) is 11.8 Å². The van der Waals surface area contributed by atoms with E-state index in [1.54, 1.807) is 43.9 Å². The van der Waals surface area contributed by atoms with Crippen molar-refractivity contribution in [2.45, 2.75) is 135 Å². The van der Waals surface area contributed by atoms with Crippen LogP contribution in [0.3, 0.4) is 0 Å². The lowest BCUT2D eigenvalue weighted by Gasteiger charge is -2.61. The summed E-state index contributed by atoms with van der Waals surface area (Å²) in [5.74, 6) is 7.04. The number of carbonyl (C=O) groups is 3. The number of rotatable bonds is 11. The smallest absolute Gasteiger partial charge is 0.318 e. The number of amides is 4. The first-order valence-electron chi connectivity index (χ1n) is 25.7. The number of aromatic amines is 1. The molecule has 16 heteroatoms. The molecule has 0 radical (unpaired) electrons. The molecule has 16 nitrogen and oxygen atoms in total. The summed E-state index contributed by atoms with van der Waals surface area (Å²) in [5, 5.41) is 27.7. The van der Waals surface area contributed by atoms with Crippen LogP contribution in [0, 0.1) is 22.7 Å². The summed E-state index contributed by atoms with van der Waals surface area (Å²) in [5.41, 5.74) is 17.9. The van der Waals surface area contributed by atoms with E-state index in [4.69, 9.17) is 21.4 Å². The predicted octanol–water partition coefficient (Wildman–Crippen LogP) is 6.43. The largest absolute Gasteiger partial charge is 0.507 e. The lowest BCUT2D eigenvalue weighted by Crippen LogP contribution is -2.70. The van der Waals surface area contributed by atoms with Gasteiger partial charge in [-0.2, -0.15) is 0 Å². The Hall–Kier alpha value is -6.57. The van der Waals surface area contributed by atoms with E-state index in [0.29, 0.717) is 67.5 Å². The Bertz CT molecular complexity index is 2740. The molecule has 3 saturated heterocycles. The number of urea groups is 1. The van der Waals surface area contributed by atoms with Gasteiger partial charge in [0.15, 0.2) is 0 Å². The molecule has 5 aliphatic rings. The van der Waals surface area contributed by atoms with E-state index in [1.165, 1.54) is 0 Å². The van der Waals surface area contributed by atoms with E-state index in [2.05, 4.69) is 44.2 Å². The van der Waals surface area contributed by atoms with Crippen LogP contribution in [-0.2, 0) is 16.0 Å². The van der Waals surface area contributed by atoms with Crippen molar-refractivity contribution in [2.24, 2.45) is 16.6 Å². The van der Waals surface area contributed by atoms with Crippen LogP contribution in [0.15, 0.2) is 60.9 Å². The molecule has 1 saturated carbocycles. The molecule has 6 heterocycles. The molecule has 72 heavy (non-hydrogen) atoms. The molecular formula is C56H73N11O5. The molecule has 9 rings (SSSR count). The summed E-state index contributed by atoms with van der Waals surface area (Å²) in [7, 11) is 0. The minimum absolute atomic E-state index is 0.0559. The lowest BCUT2D eigenvalue weighted by molar-refractivity contribution is -0.142. The number of phenolic OH excluding ortho intramolecular Hbond substituents is 1. The third-order valence-electron chi connectivity index (χ3n) is 16.0. The fourth-order valence-electron chi connectivity index (χ4n) is 12.0. The van der Waals surface area contributed by atoms with Gasteiger partial charge in [-0.15, -0.1) is 5.92 Å². The van der Waals surface area contributed by atoms with Gasteiger partial charge in [0.2, 0.25) is 17.8 Å². The fraction of sp³-hybridized carbons (Fsp3) is 0.518. The summed E-state index contributed by atoms with van der Waals surface area (Å²) in [6.45, 7) is 17.5. The number of para-hydroxylation sites is 1. The highest BCUT2D eigenvalue weighted by Crippen LogP contribution is 2.51. The van der Waals surface area contributed by atoms with E-state index >= 15 is 0 Å². The summed E-state index contributed by atoms with van der Waals surface area (Å²) in [6, 6.07) is 12.4. The normalized spacial score (nSPS) is 21.5. The van der Waals surface area contributed by atoms with Crippen molar-refractivity contribution in [3.8, 4) is 17.6 Å². The van der Waals surface area contributed by atoms with Gasteiger partial charge in [0.25, 0.3) is 0 Å². The summed E-state index contributed by atoms with van der Waals surface area (Å²) in [4.78, 5) is 63.6. The van der Waals surface area contributed by atoms with Crippen molar-refractivity contribution in [3.05, 3.63) is 100.0 Å². The second-order valence-corrected chi connectivity index (χ2v) is 22.7. The van der Waals surface area contributed by atoms with Crippen LogP contribution in [-0.4, -0.2) is 121 Å². The first kappa shape index (κ1) is 50.4. The van der Waals surface area contributed by atoms with Crippen LogP contribution in [0.2, 0.25) is 0 Å². The molecule has 0 bridgehead atoms. The molecule has 2 aromatic heterocycles. The molecule has 2 aromatic carbocycles. The number of fused-ring (bicyclic) bond motifs is 1. The van der Waals surface area contributed by atoms with Crippen molar-refractivity contribution in [2.75, 3.05) is 49.9 Å². The van der Waals surface area contributed by atoms with Crippen molar-refractivity contribution in [1.82, 2.24) is 40.3 Å². The van der Waals surface area contributed by atoms with Crippen molar-refractivity contribution in [1.29, 1.82) is 0 Å². The van der Waals surface area contributed by atoms with Crippen LogP contribution in [0.5, 0.6) is 5.75 Å². The Morgan fingerprint density at radius 2 is 1.62 bits per heavy atom. The molecule has 9 N–H and O–H groups in total. The minimum Gasteiger partial charge on any atom is -0.507 e. The van der Waals surface area contributed by atoms with Crippen molar-refractivity contribution < 1.29 is 24.6 Å². The molecule has 382 valence electrons. The van der Waals surface area contributed by atoms with E-state index in [-0.39, 0.29) is 35.1 Å². The highest BCUT2D eigenvalue weighted by molar-refractivity contribution is 5.93. The van der Waals surface area contributed by atoms with Gasteiger partial charge in [-0.05, 0) is 132 Å². The first-order valence-corrected chi connectivity index (χ1v) is 25.7. The average molecular weight is 980 g/mol. The van der Waals surface area contributed by atoms with Gasteiger partial charge in [0.05, 0.1) is 17.7 Å². The van der Waals surface area contributed by atoms with Gasteiger partial charge in [-0.3, -0.25) is 9.59 Å². The highest BCUT2D eigenvalue weighted by atomic mass is 16.3. The van der Waals surface area contributed by atoms with Gasteiger partial charge in [-0.25, -0.2) is 14.8 Å². The zero-order chi connectivity index (χ0) is 51.3. The average Bonchev–Trinajstić information content (AvgIpc) is 3.94. The zero-order valence-electron chi connectivity index (χ0n) is 43.0. The SMILES string of the molecule is CC#Cc1ccc(C(NC(=O)C2CCCN2C(=O)C(NC(=O)N2CC3(CC(N4CCC(c5cnc(N6CCc7[nH]c(N)c(/C=C(\N)c8ccccc8O)c7C6C)nc5)CC4)C3)C2)C(C)(C)C)C(C)(C)O)cc1. The third kappa shape index (κ3) is 10.1. The van der Waals surface area contributed by atoms with Crippen LogP contribution in [0.4, 0.5) is 16.6 Å². The van der Waals surface area contributed by atoms with Gasteiger partial charge < -0.3 is 56.9 Å². The molecule has 4 aromatic rings. The highest BCUT2D eigenvalue weighted by Gasteiger charge is 2.56. The molecule has 4 amide bonds. The van der Waals surface area contributed by atoms with E-state index in [9.17, 15) is 24.6 Å². The van der Waals surface area contributed by atoms with Gasteiger partial charge in [-0.1, -0.05) is 51.0 Å². The number of nitrogen functional groups attached to an aromatic ring is 1. The van der Waals surface area contributed by atoms with Gasteiger partial charge in [0.1, 0.15) is 23.7 Å². The number of phenols is 1. The third-order valence-corrected chi connectivity index (χ3v) is 16.0. The van der Waals surface area contributed by atoms with Crippen molar-refractivity contribution >= 4 is 41.4 Å². The number of anilines is 2. The van der Waals surface area contributed by atoms with Crippen molar-refractivity contribution in [3.63, 3.8) is 0 Å². The summed E-state index contributed by atoms with van der Waals surface area (Å²) >= 11 is 0. The molecular weight excluding hydrogens is 907 g/mol. The number of H-pyrrole nitrogens is 1. The number of nitrogens with zero attached hydrogens (tertiary/aromatic N) is 6. The number of hydrogen-bond donors (Lipinski definition) is 7. The summed E-state index contributed by atoms with van der Waals surface area (Å²) < 4.78 is 0. The maximum atomic E-state index is 14.4. The monoisotopic (exact) mass is 980 g/mol. The van der Waals surface area contributed by atoms with Gasteiger partial charge >= 0.3 is 6.03 Å². The molecule has 4 aliphatic heterocycles. The number of aliphatic hydroxyl groups is 1. The number of carbonyl (C=O) groups excluding carboxylic acids is 3. The van der Waals surface area contributed by atoms with E-state index < -0.39 is 29.1 Å². The van der Waals surface area contributed by atoms with Crippen LogP contribution in [0.1, 0.15) is 144 Å². The number of hydrogen-bond acceptors (Lipinski definition) is 11. The topological polar surface area (TPSA) is 222 Å². The number of piperidine rings is 1. The van der Waals surface area contributed by atoms with Gasteiger partial charge in [0, 0.05) is 90.1 Å². The first-order chi connectivity index (χ1) is 34.2. The quantitative estimate of drug-likeness (QED) is 0.0812. The Labute approximate surface area is 424 Å². The second-order valence-electron chi connectivity index (χ2n) is 22.7. The maximum absolute atomic E-state index is 14.4.